The van der Waals surface area contributed by atoms with Gasteiger partial charge < -0.3 is 20.1 Å². The minimum Gasteiger partial charge on any atom is -0.507 e. The maximum Gasteiger partial charge on any atom is 0.202 e. The van der Waals surface area contributed by atoms with E-state index in [1.54, 1.807) is 24.3 Å². The lowest BCUT2D eigenvalue weighted by Crippen LogP contribution is -2.36. The van der Waals surface area contributed by atoms with Crippen molar-refractivity contribution >= 4 is 5.78 Å². The second-order valence-corrected chi connectivity index (χ2v) is 6.34. The molecule has 0 fully saturated rings. The number of fused-ring (bicyclic) bond motifs is 1. The largest absolute Gasteiger partial charge is 0.507 e. The molecule has 2 unspecified atom stereocenters. The van der Waals surface area contributed by atoms with Crippen molar-refractivity contribution in [2.45, 2.75) is 32.5 Å². The molecular weight excluding hydrogens is 320 g/mol. The summed E-state index contributed by atoms with van der Waals surface area (Å²) in [5.74, 6) is -1.04. The first-order valence-electron chi connectivity index (χ1n) is 8.05. The van der Waals surface area contributed by atoms with Gasteiger partial charge in [-0.1, -0.05) is 42.0 Å². The van der Waals surface area contributed by atoms with Gasteiger partial charge in [0.15, 0.2) is 12.2 Å². The summed E-state index contributed by atoms with van der Waals surface area (Å²) in [5, 5.41) is 30.7. The quantitative estimate of drug-likeness (QED) is 0.747. The molecule has 3 rings (SSSR count). The Kier molecular flexibility index (Phi) is 4.51. The van der Waals surface area contributed by atoms with Crippen LogP contribution in [0.1, 0.15) is 41.4 Å². The van der Waals surface area contributed by atoms with Crippen molar-refractivity contribution in [3.8, 4) is 17.2 Å². The van der Waals surface area contributed by atoms with Gasteiger partial charge in [0.05, 0.1) is 0 Å². The van der Waals surface area contributed by atoms with Gasteiger partial charge in [-0.15, -0.1) is 0 Å². The molecule has 0 amide bonds. The molecule has 25 heavy (non-hydrogen) atoms. The van der Waals surface area contributed by atoms with E-state index in [1.165, 1.54) is 0 Å². The van der Waals surface area contributed by atoms with Crippen LogP contribution in [0.5, 0.6) is 17.2 Å². The van der Waals surface area contributed by atoms with Crippen LogP contribution in [0, 0.1) is 0 Å². The Bertz CT molecular complexity index is 835. The molecule has 0 radical (unpaired) electrons. The minimum absolute atomic E-state index is 0.0883. The number of aliphatic hydroxyl groups excluding tert-OH is 1. The van der Waals surface area contributed by atoms with E-state index < -0.39 is 23.7 Å². The average molecular weight is 340 g/mol. The number of allylic oxidation sites excluding steroid dienone is 2. The molecule has 1 aliphatic heterocycles. The minimum atomic E-state index is -1.43. The fraction of sp³-hybridized carbons (Fsp3) is 0.250. The summed E-state index contributed by atoms with van der Waals surface area (Å²) in [5.41, 5.74) is 2.01. The average Bonchev–Trinajstić information content (AvgIpc) is 2.57. The molecule has 0 aliphatic carbocycles. The first kappa shape index (κ1) is 17.0. The number of aromatic hydroxyl groups is 2. The third-order valence-corrected chi connectivity index (χ3v) is 4.23. The molecule has 1 aliphatic rings. The molecule has 5 heteroatoms. The highest BCUT2D eigenvalue weighted by atomic mass is 16.5. The molecule has 0 spiro atoms. The summed E-state index contributed by atoms with van der Waals surface area (Å²) < 4.78 is 5.91. The zero-order valence-corrected chi connectivity index (χ0v) is 14.1. The van der Waals surface area contributed by atoms with E-state index >= 15 is 0 Å². The number of Topliss-reactive ketones (excluding diaryl/α,β-unsaturated/α-hetero) is 1. The SMILES string of the molecule is CC(C)=CCc1c(O)cc(O)c2c1OC(c1ccccc1)C(O)C2=O. The van der Waals surface area contributed by atoms with Gasteiger partial charge >= 0.3 is 0 Å². The molecule has 130 valence electrons. The van der Waals surface area contributed by atoms with E-state index in [0.29, 0.717) is 17.5 Å². The highest BCUT2D eigenvalue weighted by molar-refractivity contribution is 6.06. The second-order valence-electron chi connectivity index (χ2n) is 6.34. The number of carbonyl (C=O) groups excluding carboxylic acids is 1. The summed E-state index contributed by atoms with van der Waals surface area (Å²) in [6.45, 7) is 3.85. The van der Waals surface area contributed by atoms with E-state index in [1.807, 2.05) is 26.0 Å². The lowest BCUT2D eigenvalue weighted by Gasteiger charge is -2.31. The summed E-state index contributed by atoms with van der Waals surface area (Å²) >= 11 is 0. The molecule has 0 bridgehead atoms. The fourth-order valence-corrected chi connectivity index (χ4v) is 2.91. The topological polar surface area (TPSA) is 87.0 Å². The van der Waals surface area contributed by atoms with Crippen molar-refractivity contribution < 1.29 is 24.9 Å². The van der Waals surface area contributed by atoms with Gasteiger partial charge in [-0.3, -0.25) is 4.79 Å². The van der Waals surface area contributed by atoms with Crippen LogP contribution in [-0.4, -0.2) is 27.2 Å². The Morgan fingerprint density at radius 3 is 2.48 bits per heavy atom. The lowest BCUT2D eigenvalue weighted by molar-refractivity contribution is 0.0206. The number of phenolic OH excluding ortho intramolecular Hbond substituents is 2. The molecule has 1 heterocycles. The number of carbonyl (C=O) groups is 1. The maximum atomic E-state index is 12.6. The van der Waals surface area contributed by atoms with Crippen molar-refractivity contribution in [2.24, 2.45) is 0 Å². The van der Waals surface area contributed by atoms with Crippen molar-refractivity contribution in [1.29, 1.82) is 0 Å². The van der Waals surface area contributed by atoms with E-state index in [9.17, 15) is 20.1 Å². The Hall–Kier alpha value is -2.79. The number of aliphatic hydroxyl groups is 1. The zero-order chi connectivity index (χ0) is 18.1. The summed E-state index contributed by atoms with van der Waals surface area (Å²) in [7, 11) is 0. The smallest absolute Gasteiger partial charge is 0.202 e. The Balaban J connectivity index is 2.14. The molecule has 5 nitrogen and oxygen atoms in total. The van der Waals surface area contributed by atoms with Crippen LogP contribution < -0.4 is 4.74 Å². The Morgan fingerprint density at radius 2 is 1.84 bits per heavy atom. The molecule has 3 N–H and O–H groups in total. The first-order valence-corrected chi connectivity index (χ1v) is 8.05. The summed E-state index contributed by atoms with van der Waals surface area (Å²) in [6, 6.07) is 10.0. The van der Waals surface area contributed by atoms with Gasteiger partial charge in [0.25, 0.3) is 0 Å². The highest BCUT2D eigenvalue weighted by Gasteiger charge is 2.40. The zero-order valence-electron chi connectivity index (χ0n) is 14.1. The number of hydrogen-bond donors (Lipinski definition) is 3. The molecule has 0 aromatic heterocycles. The maximum absolute atomic E-state index is 12.6. The third-order valence-electron chi connectivity index (χ3n) is 4.23. The molecule has 2 aromatic carbocycles. The number of hydrogen-bond acceptors (Lipinski definition) is 5. The standard InChI is InChI=1S/C20H20O5/c1-11(2)8-9-13-14(21)10-15(22)16-17(23)18(24)19(25-20(13)16)12-6-4-3-5-7-12/h3-8,10,18-19,21-22,24H,9H2,1-2H3. The van der Waals surface area contributed by atoms with Gasteiger partial charge in [-0.25, -0.2) is 0 Å². The highest BCUT2D eigenvalue weighted by Crippen LogP contribution is 2.45. The van der Waals surface area contributed by atoms with Gasteiger partial charge in [-0.2, -0.15) is 0 Å². The third kappa shape index (κ3) is 3.10. The van der Waals surface area contributed by atoms with E-state index in [0.717, 1.165) is 11.6 Å². The Morgan fingerprint density at radius 1 is 1.16 bits per heavy atom. The predicted octanol–water partition coefficient (Wildman–Crippen LogP) is 3.28. The van der Waals surface area contributed by atoms with E-state index in [-0.39, 0.29) is 17.1 Å². The molecule has 2 aromatic rings. The number of benzene rings is 2. The van der Waals surface area contributed by atoms with Crippen LogP contribution in [-0.2, 0) is 6.42 Å². The molecule has 0 saturated carbocycles. The number of ketones is 1. The van der Waals surface area contributed by atoms with Crippen LogP contribution in [0.4, 0.5) is 0 Å². The van der Waals surface area contributed by atoms with Gasteiger partial charge in [0, 0.05) is 11.6 Å². The summed E-state index contributed by atoms with van der Waals surface area (Å²) in [4.78, 5) is 12.6. The molecule has 2 atom stereocenters. The van der Waals surface area contributed by atoms with Crippen LogP contribution >= 0.6 is 0 Å². The van der Waals surface area contributed by atoms with Crippen LogP contribution in [0.15, 0.2) is 48.0 Å². The van der Waals surface area contributed by atoms with Gasteiger partial charge in [-0.05, 0) is 25.8 Å². The van der Waals surface area contributed by atoms with Crippen molar-refractivity contribution in [3.63, 3.8) is 0 Å². The number of ether oxygens (including phenoxy) is 1. The fourth-order valence-electron chi connectivity index (χ4n) is 2.91. The predicted molar refractivity (Wildman–Crippen MR) is 93.1 cm³/mol. The molecular formula is C20H20O5. The first-order chi connectivity index (χ1) is 11.9. The second kappa shape index (κ2) is 6.61. The van der Waals surface area contributed by atoms with Crippen LogP contribution in [0.3, 0.4) is 0 Å². The van der Waals surface area contributed by atoms with Crippen LogP contribution in [0.25, 0.3) is 0 Å². The number of rotatable bonds is 3. The lowest BCUT2D eigenvalue weighted by atomic mass is 9.90. The molecule has 0 saturated heterocycles. The Labute approximate surface area is 145 Å². The van der Waals surface area contributed by atoms with Gasteiger partial charge in [0.2, 0.25) is 5.78 Å². The van der Waals surface area contributed by atoms with Crippen molar-refractivity contribution in [2.75, 3.05) is 0 Å². The van der Waals surface area contributed by atoms with E-state index in [2.05, 4.69) is 0 Å². The number of phenols is 2. The monoisotopic (exact) mass is 340 g/mol. The van der Waals surface area contributed by atoms with Crippen molar-refractivity contribution in [1.82, 2.24) is 0 Å². The van der Waals surface area contributed by atoms with Gasteiger partial charge in [0.1, 0.15) is 22.8 Å². The van der Waals surface area contributed by atoms with Crippen LogP contribution in [0.2, 0.25) is 0 Å². The van der Waals surface area contributed by atoms with E-state index in [4.69, 9.17) is 4.74 Å². The normalized spacial score (nSPS) is 19.1. The van der Waals surface area contributed by atoms with Crippen molar-refractivity contribution in [3.05, 3.63) is 64.7 Å². The summed E-state index contributed by atoms with van der Waals surface area (Å²) in [6.07, 6.45) is -0.0840.